The molecule has 0 spiro atoms. The summed E-state index contributed by atoms with van der Waals surface area (Å²) in [5, 5.41) is 14.0. The van der Waals surface area contributed by atoms with Crippen molar-refractivity contribution in [3.63, 3.8) is 0 Å². The van der Waals surface area contributed by atoms with E-state index in [0.29, 0.717) is 17.7 Å². The number of H-pyrrole nitrogens is 1. The highest BCUT2D eigenvalue weighted by Gasteiger charge is 2.45. The minimum atomic E-state index is -0.763. The van der Waals surface area contributed by atoms with Crippen molar-refractivity contribution >= 4 is 29.3 Å². The summed E-state index contributed by atoms with van der Waals surface area (Å²) in [6.07, 6.45) is 10.0. The Bertz CT molecular complexity index is 1190. The van der Waals surface area contributed by atoms with Crippen molar-refractivity contribution in [1.82, 2.24) is 30.1 Å². The molecule has 4 heterocycles. The van der Waals surface area contributed by atoms with E-state index >= 15 is 0 Å². The van der Waals surface area contributed by atoms with E-state index in [-0.39, 0.29) is 5.91 Å². The molecule has 0 radical (unpaired) electrons. The van der Waals surface area contributed by atoms with Crippen LogP contribution in [0.3, 0.4) is 0 Å². The summed E-state index contributed by atoms with van der Waals surface area (Å²) in [4.78, 5) is 33.2. The Hall–Kier alpha value is -3.56. The molecule has 3 aliphatic rings. The van der Waals surface area contributed by atoms with Crippen LogP contribution in [0.4, 0.5) is 23.4 Å². The molecule has 1 amide bonds. The van der Waals surface area contributed by atoms with E-state index in [9.17, 15) is 4.79 Å². The van der Waals surface area contributed by atoms with Gasteiger partial charge in [0.05, 0.1) is 5.69 Å². The topological polar surface area (TPSA) is 125 Å². The number of aromatic nitrogens is 6. The molecule has 170 valence electrons. The van der Waals surface area contributed by atoms with Crippen LogP contribution in [0.15, 0.2) is 24.7 Å². The normalized spacial score (nSPS) is 21.8. The lowest BCUT2D eigenvalue weighted by Crippen LogP contribution is -2.51. The third-order valence-electron chi connectivity index (χ3n) is 6.98. The van der Waals surface area contributed by atoms with E-state index in [1.165, 1.54) is 24.9 Å². The van der Waals surface area contributed by atoms with Crippen molar-refractivity contribution in [2.24, 2.45) is 0 Å². The number of nitrogens with one attached hydrogen (secondary N) is 3. The SMILES string of the molecule is C[C@@]1(C(=O)Nc2ccncn2)CCCN1c1nc2c(c(Nc3cc(C4CC4)[nH]n3)n1)CCC2. The monoisotopic (exact) mass is 445 g/mol. The van der Waals surface area contributed by atoms with Crippen LogP contribution >= 0.6 is 0 Å². The molecule has 1 atom stereocenters. The van der Waals surface area contributed by atoms with E-state index < -0.39 is 5.54 Å². The number of aromatic amines is 1. The molecule has 2 fully saturated rings. The van der Waals surface area contributed by atoms with Gasteiger partial charge in [-0.2, -0.15) is 10.1 Å². The Morgan fingerprint density at radius 1 is 1.21 bits per heavy atom. The lowest BCUT2D eigenvalue weighted by Gasteiger charge is -2.34. The highest BCUT2D eigenvalue weighted by Crippen LogP contribution is 2.40. The lowest BCUT2D eigenvalue weighted by molar-refractivity contribution is -0.120. The molecule has 10 heteroatoms. The predicted octanol–water partition coefficient (Wildman–Crippen LogP) is 3.10. The van der Waals surface area contributed by atoms with Gasteiger partial charge < -0.3 is 15.5 Å². The van der Waals surface area contributed by atoms with Crippen molar-refractivity contribution in [1.29, 1.82) is 0 Å². The first-order valence-corrected chi connectivity index (χ1v) is 11.7. The van der Waals surface area contributed by atoms with Gasteiger partial charge in [0.15, 0.2) is 5.82 Å². The fraction of sp³-hybridized carbons (Fsp3) is 0.478. The van der Waals surface area contributed by atoms with Crippen LogP contribution < -0.4 is 15.5 Å². The molecule has 2 aliphatic carbocycles. The lowest BCUT2D eigenvalue weighted by atomic mass is 9.98. The first-order chi connectivity index (χ1) is 16.1. The average Bonchev–Trinajstić information content (AvgIpc) is 3.20. The van der Waals surface area contributed by atoms with Crippen LogP contribution in [0.2, 0.25) is 0 Å². The molecule has 1 aliphatic heterocycles. The second-order valence-electron chi connectivity index (χ2n) is 9.34. The molecule has 3 aromatic heterocycles. The predicted molar refractivity (Wildman–Crippen MR) is 124 cm³/mol. The van der Waals surface area contributed by atoms with Crippen LogP contribution in [0.1, 0.15) is 61.9 Å². The first-order valence-electron chi connectivity index (χ1n) is 11.7. The average molecular weight is 446 g/mol. The number of carbonyl (C=O) groups is 1. The number of hydrogen-bond acceptors (Lipinski definition) is 8. The highest BCUT2D eigenvalue weighted by atomic mass is 16.2. The molecule has 0 bridgehead atoms. The zero-order valence-corrected chi connectivity index (χ0v) is 18.6. The molecular formula is C23H27N9O. The van der Waals surface area contributed by atoms with Gasteiger partial charge in [0.25, 0.3) is 5.91 Å². The Morgan fingerprint density at radius 2 is 2.12 bits per heavy atom. The molecule has 0 unspecified atom stereocenters. The van der Waals surface area contributed by atoms with Gasteiger partial charge >= 0.3 is 0 Å². The standard InChI is InChI=1S/C23H27N9O/c1-23(21(33)28-18-8-10-24-13-25-18)9-3-11-32(23)22-26-16-5-2-4-15(16)20(29-22)27-19-12-17(30-31-19)14-6-7-14/h8,10,12-14H,2-7,9,11H2,1H3,(H,24,25,28,33)(H2,26,27,29,30,31)/t23-/m0/s1. The maximum atomic E-state index is 13.3. The van der Waals surface area contributed by atoms with Crippen LogP contribution in [-0.2, 0) is 17.6 Å². The fourth-order valence-corrected chi connectivity index (χ4v) is 4.90. The first kappa shape index (κ1) is 20.1. The van der Waals surface area contributed by atoms with Crippen molar-refractivity contribution in [2.45, 2.75) is 63.3 Å². The number of fused-ring (bicyclic) bond motifs is 1. The van der Waals surface area contributed by atoms with E-state index in [4.69, 9.17) is 9.97 Å². The minimum absolute atomic E-state index is 0.112. The number of rotatable bonds is 6. The van der Waals surface area contributed by atoms with Crippen molar-refractivity contribution in [3.05, 3.63) is 41.6 Å². The van der Waals surface area contributed by atoms with Crippen molar-refractivity contribution < 1.29 is 4.79 Å². The van der Waals surface area contributed by atoms with Gasteiger partial charge in [0, 0.05) is 36.0 Å². The molecule has 0 aromatic carbocycles. The van der Waals surface area contributed by atoms with E-state index in [1.807, 2.05) is 11.8 Å². The Labute approximate surface area is 191 Å². The quantitative estimate of drug-likeness (QED) is 0.529. The zero-order chi connectivity index (χ0) is 22.4. The molecule has 1 saturated heterocycles. The molecule has 10 nitrogen and oxygen atoms in total. The molecular weight excluding hydrogens is 418 g/mol. The van der Waals surface area contributed by atoms with Crippen LogP contribution in [0, 0.1) is 0 Å². The fourth-order valence-electron chi connectivity index (χ4n) is 4.90. The highest BCUT2D eigenvalue weighted by molar-refractivity contribution is 5.99. The van der Waals surface area contributed by atoms with E-state index in [0.717, 1.165) is 61.5 Å². The molecule has 3 N–H and O–H groups in total. The van der Waals surface area contributed by atoms with Gasteiger partial charge in [-0.15, -0.1) is 0 Å². The number of nitrogens with zero attached hydrogens (tertiary/aromatic N) is 6. The largest absolute Gasteiger partial charge is 0.326 e. The maximum Gasteiger partial charge on any atom is 0.251 e. The van der Waals surface area contributed by atoms with Crippen LogP contribution in [0.5, 0.6) is 0 Å². The summed E-state index contributed by atoms with van der Waals surface area (Å²) in [5.41, 5.74) is 2.63. The van der Waals surface area contributed by atoms with Crippen LogP contribution in [0.25, 0.3) is 0 Å². The molecule has 3 aromatic rings. The van der Waals surface area contributed by atoms with Gasteiger partial charge in [0.1, 0.15) is 23.5 Å². The van der Waals surface area contributed by atoms with E-state index in [2.05, 4.69) is 36.9 Å². The maximum absolute atomic E-state index is 13.3. The summed E-state index contributed by atoms with van der Waals surface area (Å²) in [7, 11) is 0. The number of hydrogen-bond donors (Lipinski definition) is 3. The number of carbonyl (C=O) groups excluding carboxylic acids is 1. The smallest absolute Gasteiger partial charge is 0.251 e. The van der Waals surface area contributed by atoms with Gasteiger partial charge in [-0.1, -0.05) is 0 Å². The van der Waals surface area contributed by atoms with Crippen molar-refractivity contribution in [3.8, 4) is 0 Å². The van der Waals surface area contributed by atoms with Gasteiger partial charge in [-0.3, -0.25) is 9.89 Å². The summed E-state index contributed by atoms with van der Waals surface area (Å²) < 4.78 is 0. The Kier molecular flexibility index (Phi) is 4.74. The second-order valence-corrected chi connectivity index (χ2v) is 9.34. The summed E-state index contributed by atoms with van der Waals surface area (Å²) in [6, 6.07) is 3.77. The zero-order valence-electron chi connectivity index (χ0n) is 18.6. The minimum Gasteiger partial charge on any atom is -0.326 e. The van der Waals surface area contributed by atoms with Gasteiger partial charge in [-0.05, 0) is 57.9 Å². The number of aryl methyl sites for hydroxylation is 1. The van der Waals surface area contributed by atoms with Crippen LogP contribution in [-0.4, -0.2) is 48.1 Å². The van der Waals surface area contributed by atoms with Gasteiger partial charge in [-0.25, -0.2) is 15.0 Å². The second kappa shape index (κ2) is 7.79. The summed E-state index contributed by atoms with van der Waals surface area (Å²) in [6.45, 7) is 2.68. The van der Waals surface area contributed by atoms with Crippen molar-refractivity contribution in [2.75, 3.05) is 22.1 Å². The molecule has 33 heavy (non-hydrogen) atoms. The van der Waals surface area contributed by atoms with E-state index in [1.54, 1.807) is 12.3 Å². The third-order valence-corrected chi connectivity index (χ3v) is 6.98. The third kappa shape index (κ3) is 3.69. The summed E-state index contributed by atoms with van der Waals surface area (Å²) in [5.74, 6) is 3.16. The number of anilines is 4. The van der Waals surface area contributed by atoms with Gasteiger partial charge in [0.2, 0.25) is 5.95 Å². The number of amides is 1. The molecule has 1 saturated carbocycles. The molecule has 6 rings (SSSR count). The summed E-state index contributed by atoms with van der Waals surface area (Å²) >= 11 is 0. The Morgan fingerprint density at radius 3 is 2.94 bits per heavy atom. The Balaban J connectivity index is 1.30.